The van der Waals surface area contributed by atoms with Gasteiger partial charge in [-0.2, -0.15) is 0 Å². The zero-order chi connectivity index (χ0) is 17.5. The molecule has 0 fully saturated rings. The van der Waals surface area contributed by atoms with Crippen LogP contribution in [0.2, 0.25) is 0 Å². The van der Waals surface area contributed by atoms with Gasteiger partial charge in [-0.1, -0.05) is 12.1 Å². The minimum absolute atomic E-state index is 0.355. The number of nitrogens with zero attached hydrogens (tertiary/aromatic N) is 1. The standard InChI is InChI=1S/C20H21NO4/c1-15-4-2-5-17(21-15)6-3-11-25-20(22)10-8-16-7-9-18-19(14-16)24-13-12-23-18/h2,4-5,7-10,14H,3,6,11-13H2,1H3. The summed E-state index contributed by atoms with van der Waals surface area (Å²) >= 11 is 0. The molecule has 0 atom stereocenters. The van der Waals surface area contributed by atoms with E-state index in [1.165, 1.54) is 6.08 Å². The summed E-state index contributed by atoms with van der Waals surface area (Å²) in [6, 6.07) is 11.5. The van der Waals surface area contributed by atoms with E-state index in [1.807, 2.05) is 43.3 Å². The van der Waals surface area contributed by atoms with Crippen molar-refractivity contribution in [1.29, 1.82) is 0 Å². The third kappa shape index (κ3) is 5.08. The minimum Gasteiger partial charge on any atom is -0.486 e. The third-order valence-corrected chi connectivity index (χ3v) is 3.75. The van der Waals surface area contributed by atoms with Crippen LogP contribution in [0.1, 0.15) is 23.4 Å². The van der Waals surface area contributed by atoms with Crippen LogP contribution < -0.4 is 9.47 Å². The number of aryl methyl sites for hydroxylation is 2. The number of carbonyl (C=O) groups excluding carboxylic acids is 1. The molecule has 1 aliphatic heterocycles. The van der Waals surface area contributed by atoms with Gasteiger partial charge in [-0.15, -0.1) is 0 Å². The molecule has 25 heavy (non-hydrogen) atoms. The lowest BCUT2D eigenvalue weighted by Gasteiger charge is -2.18. The van der Waals surface area contributed by atoms with Crippen LogP contribution in [0.5, 0.6) is 11.5 Å². The summed E-state index contributed by atoms with van der Waals surface area (Å²) in [6.07, 6.45) is 4.68. The van der Waals surface area contributed by atoms with Gasteiger partial charge in [-0.3, -0.25) is 4.98 Å². The monoisotopic (exact) mass is 339 g/mol. The fraction of sp³-hybridized carbons (Fsp3) is 0.300. The molecule has 2 aromatic rings. The molecular weight excluding hydrogens is 318 g/mol. The van der Waals surface area contributed by atoms with Crippen molar-refractivity contribution in [3.8, 4) is 11.5 Å². The van der Waals surface area contributed by atoms with E-state index in [0.29, 0.717) is 25.6 Å². The Bertz CT molecular complexity index is 770. The Balaban J connectivity index is 1.43. The van der Waals surface area contributed by atoms with Crippen LogP contribution in [0.3, 0.4) is 0 Å². The molecule has 3 rings (SSSR count). The predicted molar refractivity (Wildman–Crippen MR) is 94.7 cm³/mol. The van der Waals surface area contributed by atoms with Gasteiger partial charge in [0.25, 0.3) is 0 Å². The summed E-state index contributed by atoms with van der Waals surface area (Å²) in [5.74, 6) is 1.08. The van der Waals surface area contributed by atoms with E-state index in [4.69, 9.17) is 14.2 Å². The fourth-order valence-corrected chi connectivity index (χ4v) is 2.54. The molecule has 1 aliphatic rings. The predicted octanol–water partition coefficient (Wildman–Crippen LogP) is 3.35. The Hall–Kier alpha value is -2.82. The molecule has 1 aromatic carbocycles. The second-order valence-corrected chi connectivity index (χ2v) is 5.78. The van der Waals surface area contributed by atoms with Crippen molar-refractivity contribution in [2.75, 3.05) is 19.8 Å². The van der Waals surface area contributed by atoms with Gasteiger partial charge in [0.1, 0.15) is 13.2 Å². The van der Waals surface area contributed by atoms with Crippen molar-refractivity contribution in [1.82, 2.24) is 4.98 Å². The highest BCUT2D eigenvalue weighted by Gasteiger charge is 2.10. The molecule has 2 heterocycles. The molecule has 0 amide bonds. The van der Waals surface area contributed by atoms with Crippen LogP contribution in [0.4, 0.5) is 0 Å². The average Bonchev–Trinajstić information content (AvgIpc) is 2.63. The highest BCUT2D eigenvalue weighted by Crippen LogP contribution is 2.31. The first-order chi connectivity index (χ1) is 12.2. The number of carbonyl (C=O) groups is 1. The van der Waals surface area contributed by atoms with Crippen LogP contribution >= 0.6 is 0 Å². The second kappa shape index (κ2) is 8.33. The molecule has 5 heteroatoms. The number of fused-ring (bicyclic) bond motifs is 1. The Kier molecular flexibility index (Phi) is 5.67. The maximum absolute atomic E-state index is 11.8. The van der Waals surface area contributed by atoms with Gasteiger partial charge in [0.2, 0.25) is 0 Å². The Morgan fingerprint density at radius 1 is 1.20 bits per heavy atom. The molecule has 0 saturated heterocycles. The Morgan fingerprint density at radius 3 is 2.88 bits per heavy atom. The molecule has 0 bridgehead atoms. The lowest BCUT2D eigenvalue weighted by atomic mass is 10.2. The number of benzene rings is 1. The zero-order valence-corrected chi connectivity index (χ0v) is 14.2. The first-order valence-corrected chi connectivity index (χ1v) is 8.38. The number of hydrogen-bond donors (Lipinski definition) is 0. The van der Waals surface area contributed by atoms with Crippen molar-refractivity contribution in [3.05, 3.63) is 59.4 Å². The molecule has 0 saturated carbocycles. The van der Waals surface area contributed by atoms with Gasteiger partial charge in [-0.05, 0) is 55.7 Å². The van der Waals surface area contributed by atoms with Crippen LogP contribution in [0.15, 0.2) is 42.5 Å². The highest BCUT2D eigenvalue weighted by atomic mass is 16.6. The van der Waals surface area contributed by atoms with E-state index < -0.39 is 0 Å². The minimum atomic E-state index is -0.355. The maximum atomic E-state index is 11.8. The van der Waals surface area contributed by atoms with Gasteiger partial charge in [0.05, 0.1) is 6.61 Å². The number of aromatic nitrogens is 1. The molecule has 5 nitrogen and oxygen atoms in total. The van der Waals surface area contributed by atoms with Gasteiger partial charge < -0.3 is 14.2 Å². The first kappa shape index (κ1) is 17.0. The topological polar surface area (TPSA) is 57.7 Å². The summed E-state index contributed by atoms with van der Waals surface area (Å²) in [5.41, 5.74) is 2.88. The van der Waals surface area contributed by atoms with Crippen LogP contribution in [-0.4, -0.2) is 30.8 Å². The van der Waals surface area contributed by atoms with Crippen LogP contribution in [0, 0.1) is 6.92 Å². The lowest BCUT2D eigenvalue weighted by Crippen LogP contribution is -2.15. The smallest absolute Gasteiger partial charge is 0.330 e. The van der Waals surface area contributed by atoms with Crippen molar-refractivity contribution in [3.63, 3.8) is 0 Å². The summed E-state index contributed by atoms with van der Waals surface area (Å²) in [6.45, 7) is 3.44. The van der Waals surface area contributed by atoms with E-state index in [9.17, 15) is 4.79 Å². The van der Waals surface area contributed by atoms with E-state index >= 15 is 0 Å². The number of hydrogen-bond acceptors (Lipinski definition) is 5. The first-order valence-electron chi connectivity index (χ1n) is 8.38. The van der Waals surface area contributed by atoms with E-state index in [2.05, 4.69) is 4.98 Å². The molecule has 0 radical (unpaired) electrons. The summed E-state index contributed by atoms with van der Waals surface area (Å²) in [5, 5.41) is 0. The number of ether oxygens (including phenoxy) is 3. The summed E-state index contributed by atoms with van der Waals surface area (Å²) in [4.78, 5) is 16.2. The molecule has 130 valence electrons. The van der Waals surface area contributed by atoms with Gasteiger partial charge in [0.15, 0.2) is 11.5 Å². The Morgan fingerprint density at radius 2 is 2.04 bits per heavy atom. The number of esters is 1. The summed E-state index contributed by atoms with van der Waals surface area (Å²) in [7, 11) is 0. The van der Waals surface area contributed by atoms with E-state index in [-0.39, 0.29) is 5.97 Å². The van der Waals surface area contributed by atoms with Crippen LogP contribution in [0.25, 0.3) is 6.08 Å². The largest absolute Gasteiger partial charge is 0.486 e. The molecule has 1 aromatic heterocycles. The number of pyridine rings is 1. The maximum Gasteiger partial charge on any atom is 0.330 e. The van der Waals surface area contributed by atoms with Crippen molar-refractivity contribution < 1.29 is 19.0 Å². The molecule has 0 aliphatic carbocycles. The summed E-state index contributed by atoms with van der Waals surface area (Å²) < 4.78 is 16.2. The highest BCUT2D eigenvalue weighted by molar-refractivity contribution is 5.87. The van der Waals surface area contributed by atoms with Gasteiger partial charge in [0, 0.05) is 17.5 Å². The van der Waals surface area contributed by atoms with Crippen molar-refractivity contribution in [2.24, 2.45) is 0 Å². The lowest BCUT2D eigenvalue weighted by molar-refractivity contribution is -0.137. The Labute approximate surface area is 147 Å². The molecule has 0 unspecified atom stereocenters. The van der Waals surface area contributed by atoms with Crippen molar-refractivity contribution >= 4 is 12.0 Å². The quantitative estimate of drug-likeness (QED) is 0.459. The van der Waals surface area contributed by atoms with Crippen LogP contribution in [-0.2, 0) is 16.0 Å². The number of rotatable bonds is 6. The molecule has 0 N–H and O–H groups in total. The van der Waals surface area contributed by atoms with E-state index in [0.717, 1.165) is 35.5 Å². The third-order valence-electron chi connectivity index (χ3n) is 3.75. The van der Waals surface area contributed by atoms with E-state index in [1.54, 1.807) is 6.08 Å². The molecule has 0 spiro atoms. The average molecular weight is 339 g/mol. The zero-order valence-electron chi connectivity index (χ0n) is 14.2. The molecular formula is C20H21NO4. The van der Waals surface area contributed by atoms with Crippen molar-refractivity contribution in [2.45, 2.75) is 19.8 Å². The van der Waals surface area contributed by atoms with Gasteiger partial charge in [-0.25, -0.2) is 4.79 Å². The van der Waals surface area contributed by atoms with Gasteiger partial charge >= 0.3 is 5.97 Å². The fourth-order valence-electron chi connectivity index (χ4n) is 2.54. The normalized spacial score (nSPS) is 13.0. The second-order valence-electron chi connectivity index (χ2n) is 5.78. The SMILES string of the molecule is Cc1cccc(CCCOC(=O)C=Cc2ccc3c(c2)OCCO3)n1.